The Hall–Kier alpha value is -1.71. The van der Waals surface area contributed by atoms with Crippen molar-refractivity contribution in [2.24, 2.45) is 0 Å². The van der Waals surface area contributed by atoms with Crippen LogP contribution in [0.1, 0.15) is 31.5 Å². The lowest BCUT2D eigenvalue weighted by molar-refractivity contribution is -0.168. The first-order valence-electron chi connectivity index (χ1n) is 6.00. The molecule has 0 fully saturated rings. The minimum atomic E-state index is -4.25. The van der Waals surface area contributed by atoms with E-state index in [1.54, 1.807) is 6.92 Å². The van der Waals surface area contributed by atoms with Crippen LogP contribution in [0.4, 0.5) is 17.6 Å². The summed E-state index contributed by atoms with van der Waals surface area (Å²) in [7, 11) is 0. The number of hydrogen-bond acceptors (Lipinski definition) is 6. The summed E-state index contributed by atoms with van der Waals surface area (Å²) in [6.45, 7) is 1.25. The van der Waals surface area contributed by atoms with Gasteiger partial charge >= 0.3 is 18.3 Å². The van der Waals surface area contributed by atoms with E-state index in [1.165, 1.54) is 6.92 Å². The fourth-order valence-electron chi connectivity index (χ4n) is 1.21. The summed E-state index contributed by atoms with van der Waals surface area (Å²) in [4.78, 5) is 15.2. The topological polar surface area (TPSA) is 74.5 Å². The van der Waals surface area contributed by atoms with Gasteiger partial charge in [-0.25, -0.2) is 8.78 Å². The quantitative estimate of drug-likeness (QED) is 0.541. The van der Waals surface area contributed by atoms with E-state index in [0.717, 1.165) is 0 Å². The average molecular weight is 314 g/mol. The van der Waals surface area contributed by atoms with Gasteiger partial charge < -0.3 is 14.0 Å². The fraction of sp³-hybridized carbons (Fsp3) is 0.727. The molecule has 1 heterocycles. The number of carbonyl (C=O) groups is 1. The van der Waals surface area contributed by atoms with Crippen molar-refractivity contribution in [1.29, 1.82) is 0 Å². The van der Waals surface area contributed by atoms with Crippen LogP contribution in [0.2, 0.25) is 0 Å². The minimum Gasteiger partial charge on any atom is -0.465 e. The van der Waals surface area contributed by atoms with Crippen molar-refractivity contribution in [3.05, 3.63) is 11.7 Å². The highest BCUT2D eigenvalue weighted by Crippen LogP contribution is 2.23. The van der Waals surface area contributed by atoms with E-state index in [2.05, 4.69) is 14.9 Å². The third kappa shape index (κ3) is 4.96. The molecule has 0 saturated carbocycles. The fourth-order valence-corrected chi connectivity index (χ4v) is 1.21. The van der Waals surface area contributed by atoms with Crippen molar-refractivity contribution >= 4 is 5.97 Å². The predicted molar refractivity (Wildman–Crippen MR) is 60.0 cm³/mol. The Morgan fingerprint density at radius 1 is 1.43 bits per heavy atom. The van der Waals surface area contributed by atoms with Gasteiger partial charge in [-0.2, -0.15) is 13.8 Å². The third-order valence-electron chi connectivity index (χ3n) is 2.34. The molecule has 21 heavy (non-hydrogen) atoms. The number of rotatable bonds is 8. The molecule has 0 bridgehead atoms. The summed E-state index contributed by atoms with van der Waals surface area (Å²) in [5.41, 5.74) is 0. The number of halogens is 4. The summed E-state index contributed by atoms with van der Waals surface area (Å²) in [5, 5.41) is 3.39. The molecule has 0 aliphatic heterocycles. The molecule has 0 saturated heterocycles. The molecular formula is C11H14F4N2O4. The number of carbonyl (C=O) groups excluding carboxylic acids is 1. The zero-order valence-corrected chi connectivity index (χ0v) is 11.3. The minimum absolute atomic E-state index is 0.0762. The second-order valence-corrected chi connectivity index (χ2v) is 4.08. The van der Waals surface area contributed by atoms with Crippen molar-refractivity contribution in [3.8, 4) is 0 Å². The lowest BCUT2D eigenvalue weighted by Gasteiger charge is -2.14. The van der Waals surface area contributed by atoms with Crippen LogP contribution in [-0.2, 0) is 20.9 Å². The Labute approximate surface area is 117 Å². The zero-order chi connectivity index (χ0) is 16.0. The molecule has 1 unspecified atom stereocenters. The maximum atomic E-state index is 12.6. The molecule has 1 rings (SSSR count). The molecule has 0 spiro atoms. The highest BCUT2D eigenvalue weighted by molar-refractivity contribution is 5.76. The monoisotopic (exact) mass is 314 g/mol. The summed E-state index contributed by atoms with van der Waals surface area (Å²) in [5.74, 6) is -5.87. The summed E-state index contributed by atoms with van der Waals surface area (Å²) < 4.78 is 62.8. The lowest BCUT2D eigenvalue weighted by atomic mass is 10.2. The molecule has 0 radical (unpaired) electrons. The maximum absolute atomic E-state index is 12.6. The molecule has 10 heteroatoms. The van der Waals surface area contributed by atoms with Crippen LogP contribution < -0.4 is 0 Å². The van der Waals surface area contributed by atoms with Gasteiger partial charge in [0.15, 0.2) is 5.82 Å². The van der Waals surface area contributed by atoms with Crippen LogP contribution in [0.5, 0.6) is 0 Å². The van der Waals surface area contributed by atoms with E-state index in [0.29, 0.717) is 0 Å². The van der Waals surface area contributed by atoms with Crippen molar-refractivity contribution in [3.63, 3.8) is 0 Å². The number of nitrogens with zero attached hydrogens (tertiary/aromatic N) is 2. The zero-order valence-electron chi connectivity index (χ0n) is 11.3. The van der Waals surface area contributed by atoms with Crippen molar-refractivity contribution in [1.82, 2.24) is 10.1 Å². The molecule has 0 aliphatic carbocycles. The van der Waals surface area contributed by atoms with Gasteiger partial charge in [-0.1, -0.05) is 5.16 Å². The van der Waals surface area contributed by atoms with Gasteiger partial charge in [-0.3, -0.25) is 4.79 Å². The molecule has 0 N–H and O–H groups in total. The second kappa shape index (κ2) is 7.34. The molecular weight excluding hydrogens is 300 g/mol. The van der Waals surface area contributed by atoms with Gasteiger partial charge in [0.25, 0.3) is 0 Å². The van der Waals surface area contributed by atoms with Crippen LogP contribution in [-0.4, -0.2) is 41.7 Å². The first-order chi connectivity index (χ1) is 9.77. The van der Waals surface area contributed by atoms with E-state index in [-0.39, 0.29) is 18.3 Å². The number of esters is 1. The van der Waals surface area contributed by atoms with Crippen LogP contribution in [0.25, 0.3) is 0 Å². The highest BCUT2D eigenvalue weighted by atomic mass is 19.3. The Kier molecular flexibility index (Phi) is 6.06. The Morgan fingerprint density at radius 2 is 2.10 bits per heavy atom. The molecule has 1 atom stereocenters. The van der Waals surface area contributed by atoms with E-state index in [9.17, 15) is 22.4 Å². The lowest BCUT2D eigenvalue weighted by Crippen LogP contribution is -2.32. The van der Waals surface area contributed by atoms with E-state index in [1.807, 2.05) is 0 Å². The predicted octanol–water partition coefficient (Wildman–Crippen LogP) is 2.15. The van der Waals surface area contributed by atoms with Gasteiger partial charge in [0.2, 0.25) is 5.89 Å². The van der Waals surface area contributed by atoms with Crippen LogP contribution in [0, 0.1) is 0 Å². The number of alkyl halides is 4. The van der Waals surface area contributed by atoms with Gasteiger partial charge in [0.05, 0.1) is 6.61 Å². The third-order valence-corrected chi connectivity index (χ3v) is 2.34. The first-order valence-corrected chi connectivity index (χ1v) is 6.00. The van der Waals surface area contributed by atoms with E-state index < -0.39 is 37.4 Å². The molecule has 6 nitrogen and oxygen atoms in total. The van der Waals surface area contributed by atoms with E-state index >= 15 is 0 Å². The standard InChI is InChI=1S/C11H14F4N2O4/c1-3-20-9(18)6(2)8-16-7(17-21-8)4-19-5-11(14,15)10(12)13/h6,10H,3-5H2,1-2H3. The number of aromatic nitrogens is 2. The van der Waals surface area contributed by atoms with Crippen LogP contribution in [0.3, 0.4) is 0 Å². The summed E-state index contributed by atoms with van der Waals surface area (Å²) in [6.07, 6.45) is -3.82. The summed E-state index contributed by atoms with van der Waals surface area (Å²) >= 11 is 0. The van der Waals surface area contributed by atoms with E-state index in [4.69, 9.17) is 9.26 Å². The SMILES string of the molecule is CCOC(=O)C(C)c1nc(COCC(F)(F)C(F)F)no1. The Morgan fingerprint density at radius 3 is 2.67 bits per heavy atom. The van der Waals surface area contributed by atoms with Gasteiger partial charge in [-0.05, 0) is 13.8 Å². The number of ether oxygens (including phenoxy) is 2. The molecule has 0 amide bonds. The van der Waals surface area contributed by atoms with Crippen LogP contribution in [0.15, 0.2) is 4.52 Å². The maximum Gasteiger partial charge on any atom is 0.330 e. The largest absolute Gasteiger partial charge is 0.465 e. The van der Waals surface area contributed by atoms with Gasteiger partial charge in [-0.15, -0.1) is 0 Å². The van der Waals surface area contributed by atoms with Crippen molar-refractivity contribution < 1.29 is 36.4 Å². The first kappa shape index (κ1) is 17.3. The second-order valence-electron chi connectivity index (χ2n) is 4.08. The average Bonchev–Trinajstić information content (AvgIpc) is 2.86. The highest BCUT2D eigenvalue weighted by Gasteiger charge is 2.41. The normalized spacial score (nSPS) is 13.5. The van der Waals surface area contributed by atoms with Crippen molar-refractivity contribution in [2.75, 3.05) is 13.2 Å². The molecule has 0 aromatic carbocycles. The Bertz CT molecular complexity index is 467. The molecule has 0 aliphatic rings. The molecule has 1 aromatic heterocycles. The van der Waals surface area contributed by atoms with Crippen LogP contribution >= 0.6 is 0 Å². The molecule has 120 valence electrons. The van der Waals surface area contributed by atoms with Gasteiger partial charge in [0.1, 0.15) is 19.1 Å². The smallest absolute Gasteiger partial charge is 0.330 e. The number of hydrogen-bond donors (Lipinski definition) is 0. The summed E-state index contributed by atoms with van der Waals surface area (Å²) in [6, 6.07) is 0. The van der Waals surface area contributed by atoms with Crippen molar-refractivity contribution in [2.45, 2.75) is 38.7 Å². The molecule has 1 aromatic rings. The van der Waals surface area contributed by atoms with Gasteiger partial charge in [0, 0.05) is 0 Å². The Balaban J connectivity index is 2.51.